The van der Waals surface area contributed by atoms with Crippen LogP contribution in [0, 0.1) is 0 Å². The SMILES string of the molecule is CC1Cc2c(cc3c(c2CNO)OC(C)C3)O1. The highest BCUT2D eigenvalue weighted by molar-refractivity contribution is 5.57. The second kappa shape index (κ2) is 3.89. The van der Waals surface area contributed by atoms with Gasteiger partial charge in [0.25, 0.3) is 0 Å². The van der Waals surface area contributed by atoms with Gasteiger partial charge >= 0.3 is 0 Å². The summed E-state index contributed by atoms with van der Waals surface area (Å²) >= 11 is 0. The average molecular weight is 235 g/mol. The van der Waals surface area contributed by atoms with Crippen LogP contribution < -0.4 is 15.0 Å². The number of hydrogen-bond acceptors (Lipinski definition) is 4. The zero-order chi connectivity index (χ0) is 12.0. The van der Waals surface area contributed by atoms with Gasteiger partial charge < -0.3 is 14.7 Å². The Morgan fingerprint density at radius 2 is 2.06 bits per heavy atom. The quantitative estimate of drug-likeness (QED) is 0.768. The molecule has 0 bridgehead atoms. The van der Waals surface area contributed by atoms with E-state index < -0.39 is 0 Å². The van der Waals surface area contributed by atoms with Gasteiger partial charge in [0.05, 0.1) is 0 Å². The van der Waals surface area contributed by atoms with Crippen LogP contribution in [0.25, 0.3) is 0 Å². The van der Waals surface area contributed by atoms with Gasteiger partial charge in [-0.2, -0.15) is 0 Å². The first-order valence-corrected chi connectivity index (χ1v) is 6.07. The summed E-state index contributed by atoms with van der Waals surface area (Å²) in [6, 6.07) is 2.10. The molecule has 2 aliphatic heterocycles. The first-order chi connectivity index (χ1) is 8.19. The Hall–Kier alpha value is -1.26. The molecule has 92 valence electrons. The van der Waals surface area contributed by atoms with Crippen LogP contribution in [0.3, 0.4) is 0 Å². The van der Waals surface area contributed by atoms with Gasteiger partial charge in [-0.15, -0.1) is 0 Å². The van der Waals surface area contributed by atoms with Gasteiger partial charge in [-0.3, -0.25) is 0 Å². The molecule has 0 fully saturated rings. The van der Waals surface area contributed by atoms with E-state index in [2.05, 4.69) is 25.4 Å². The topological polar surface area (TPSA) is 50.7 Å². The van der Waals surface area contributed by atoms with Crippen molar-refractivity contribution in [2.75, 3.05) is 0 Å². The third kappa shape index (κ3) is 1.68. The fourth-order valence-corrected chi connectivity index (χ4v) is 2.78. The Kier molecular flexibility index (Phi) is 2.49. The molecule has 4 heteroatoms. The summed E-state index contributed by atoms with van der Waals surface area (Å²) in [5.41, 5.74) is 5.65. The van der Waals surface area contributed by atoms with Crippen LogP contribution in [-0.2, 0) is 19.4 Å². The van der Waals surface area contributed by atoms with Crippen LogP contribution in [0.15, 0.2) is 6.07 Å². The molecule has 0 spiro atoms. The number of hydroxylamine groups is 1. The molecule has 2 atom stereocenters. The molecule has 0 saturated heterocycles. The van der Waals surface area contributed by atoms with Crippen LogP contribution in [0.2, 0.25) is 0 Å². The zero-order valence-electron chi connectivity index (χ0n) is 10.1. The predicted molar refractivity (Wildman–Crippen MR) is 62.7 cm³/mol. The fourth-order valence-electron chi connectivity index (χ4n) is 2.78. The van der Waals surface area contributed by atoms with Crippen molar-refractivity contribution < 1.29 is 14.7 Å². The normalized spacial score (nSPS) is 25.1. The number of fused-ring (bicyclic) bond motifs is 2. The molecule has 2 heterocycles. The largest absolute Gasteiger partial charge is 0.490 e. The number of ether oxygens (including phenoxy) is 2. The highest BCUT2D eigenvalue weighted by Crippen LogP contribution is 2.43. The summed E-state index contributed by atoms with van der Waals surface area (Å²) in [6.45, 7) is 4.53. The number of rotatable bonds is 2. The molecule has 2 N–H and O–H groups in total. The average Bonchev–Trinajstić information content (AvgIpc) is 2.79. The Labute approximate surface area is 100 Å². The smallest absolute Gasteiger partial charge is 0.128 e. The molecular formula is C13H17NO3. The lowest BCUT2D eigenvalue weighted by Gasteiger charge is -2.12. The second-order valence-corrected chi connectivity index (χ2v) is 4.92. The number of hydrogen-bond donors (Lipinski definition) is 2. The van der Waals surface area contributed by atoms with Crippen molar-refractivity contribution >= 4 is 0 Å². The van der Waals surface area contributed by atoms with Gasteiger partial charge in [0, 0.05) is 36.1 Å². The molecule has 2 unspecified atom stereocenters. The van der Waals surface area contributed by atoms with Gasteiger partial charge in [-0.05, 0) is 19.9 Å². The van der Waals surface area contributed by atoms with Crippen molar-refractivity contribution in [2.24, 2.45) is 0 Å². The lowest BCUT2D eigenvalue weighted by molar-refractivity contribution is 0.158. The van der Waals surface area contributed by atoms with Crippen molar-refractivity contribution in [1.29, 1.82) is 0 Å². The highest BCUT2D eigenvalue weighted by atomic mass is 16.5. The van der Waals surface area contributed by atoms with E-state index in [1.54, 1.807) is 0 Å². The van der Waals surface area contributed by atoms with Crippen LogP contribution in [-0.4, -0.2) is 17.4 Å². The van der Waals surface area contributed by atoms with E-state index in [1.807, 2.05) is 0 Å². The molecule has 0 radical (unpaired) electrons. The molecular weight excluding hydrogens is 218 g/mol. The molecule has 0 amide bonds. The molecule has 2 aliphatic rings. The van der Waals surface area contributed by atoms with E-state index in [4.69, 9.17) is 14.7 Å². The predicted octanol–water partition coefficient (Wildman–Crippen LogP) is 1.81. The highest BCUT2D eigenvalue weighted by Gasteiger charge is 2.30. The van der Waals surface area contributed by atoms with Gasteiger partial charge in [0.2, 0.25) is 0 Å². The molecule has 4 nitrogen and oxygen atoms in total. The minimum absolute atomic E-state index is 0.211. The summed E-state index contributed by atoms with van der Waals surface area (Å²) in [5, 5.41) is 8.97. The zero-order valence-corrected chi connectivity index (χ0v) is 10.1. The van der Waals surface area contributed by atoms with Crippen molar-refractivity contribution in [1.82, 2.24) is 5.48 Å². The first kappa shape index (κ1) is 10.9. The van der Waals surface area contributed by atoms with E-state index in [0.29, 0.717) is 6.54 Å². The maximum absolute atomic E-state index is 8.97. The summed E-state index contributed by atoms with van der Waals surface area (Å²) in [4.78, 5) is 0. The van der Waals surface area contributed by atoms with Crippen molar-refractivity contribution in [3.63, 3.8) is 0 Å². The second-order valence-electron chi connectivity index (χ2n) is 4.92. The van der Waals surface area contributed by atoms with Crippen molar-refractivity contribution in [3.8, 4) is 11.5 Å². The van der Waals surface area contributed by atoms with E-state index in [9.17, 15) is 0 Å². The minimum Gasteiger partial charge on any atom is -0.490 e. The maximum Gasteiger partial charge on any atom is 0.128 e. The van der Waals surface area contributed by atoms with E-state index in [0.717, 1.165) is 29.9 Å². The molecule has 1 aromatic rings. The van der Waals surface area contributed by atoms with Crippen LogP contribution >= 0.6 is 0 Å². The third-order valence-electron chi connectivity index (χ3n) is 3.43. The minimum atomic E-state index is 0.211. The maximum atomic E-state index is 8.97. The Morgan fingerprint density at radius 1 is 1.29 bits per heavy atom. The van der Waals surface area contributed by atoms with Crippen molar-refractivity contribution in [3.05, 3.63) is 22.8 Å². The van der Waals surface area contributed by atoms with Crippen LogP contribution in [0.4, 0.5) is 0 Å². The lowest BCUT2D eigenvalue weighted by Crippen LogP contribution is -2.12. The molecule has 1 aromatic carbocycles. The molecule has 3 rings (SSSR count). The Morgan fingerprint density at radius 3 is 2.82 bits per heavy atom. The monoisotopic (exact) mass is 235 g/mol. The van der Waals surface area contributed by atoms with Gasteiger partial charge in [-0.25, -0.2) is 5.48 Å². The van der Waals surface area contributed by atoms with E-state index in [1.165, 1.54) is 11.1 Å². The summed E-state index contributed by atoms with van der Waals surface area (Å²) in [6.07, 6.45) is 2.22. The summed E-state index contributed by atoms with van der Waals surface area (Å²) < 4.78 is 11.6. The van der Waals surface area contributed by atoms with Gasteiger partial charge in [0.15, 0.2) is 0 Å². The third-order valence-corrected chi connectivity index (χ3v) is 3.43. The molecule has 0 saturated carbocycles. The fraction of sp³-hybridized carbons (Fsp3) is 0.538. The van der Waals surface area contributed by atoms with Gasteiger partial charge in [-0.1, -0.05) is 0 Å². The Bertz CT molecular complexity index is 422. The molecule has 17 heavy (non-hydrogen) atoms. The molecule has 0 aliphatic carbocycles. The number of benzene rings is 1. The number of nitrogens with one attached hydrogen (secondary N) is 1. The Balaban J connectivity index is 2.11. The van der Waals surface area contributed by atoms with Crippen LogP contribution in [0.1, 0.15) is 30.5 Å². The van der Waals surface area contributed by atoms with E-state index in [-0.39, 0.29) is 12.2 Å². The summed E-state index contributed by atoms with van der Waals surface area (Å²) in [7, 11) is 0. The standard InChI is InChI=1S/C13H17NO3/c1-7-3-9-5-12-10(4-8(2)16-12)11(6-14-15)13(9)17-7/h5,7-8,14-15H,3-4,6H2,1-2H3. The van der Waals surface area contributed by atoms with Crippen molar-refractivity contribution in [2.45, 2.75) is 45.4 Å². The van der Waals surface area contributed by atoms with Crippen LogP contribution in [0.5, 0.6) is 11.5 Å². The summed E-state index contributed by atoms with van der Waals surface area (Å²) in [5.74, 6) is 1.90. The first-order valence-electron chi connectivity index (χ1n) is 6.07. The lowest BCUT2D eigenvalue weighted by atomic mass is 9.98. The molecule has 0 aromatic heterocycles. The van der Waals surface area contributed by atoms with E-state index >= 15 is 0 Å². The van der Waals surface area contributed by atoms with Gasteiger partial charge in [0.1, 0.15) is 23.7 Å².